The molecule has 4 rings (SSSR count). The van der Waals surface area contributed by atoms with Crippen molar-refractivity contribution in [1.82, 2.24) is 20.4 Å². The predicted molar refractivity (Wildman–Crippen MR) is 89.7 cm³/mol. The predicted octanol–water partition coefficient (Wildman–Crippen LogP) is 2.45. The largest absolute Gasteiger partial charge is 0.497 e. The fraction of sp³-hybridized carbons (Fsp3) is 0.556. The SMILES string of the molecule is COc1cccc([C@@H]2[C@@H](NCc3noc(C)n3)CCN2C2CC2)c1. The fourth-order valence-corrected chi connectivity index (χ4v) is 3.73. The van der Waals surface area contributed by atoms with E-state index in [1.807, 2.05) is 13.0 Å². The van der Waals surface area contributed by atoms with Gasteiger partial charge in [-0.3, -0.25) is 4.90 Å². The molecule has 6 heteroatoms. The lowest BCUT2D eigenvalue weighted by Gasteiger charge is -2.29. The topological polar surface area (TPSA) is 63.4 Å². The van der Waals surface area contributed by atoms with Gasteiger partial charge < -0.3 is 14.6 Å². The van der Waals surface area contributed by atoms with E-state index in [9.17, 15) is 0 Å². The van der Waals surface area contributed by atoms with Crippen LogP contribution >= 0.6 is 0 Å². The zero-order valence-corrected chi connectivity index (χ0v) is 14.2. The van der Waals surface area contributed by atoms with E-state index >= 15 is 0 Å². The Morgan fingerprint density at radius 1 is 1.33 bits per heavy atom. The number of rotatable bonds is 6. The van der Waals surface area contributed by atoms with Crippen molar-refractivity contribution in [2.75, 3.05) is 13.7 Å². The Bertz CT molecular complexity index is 698. The number of benzene rings is 1. The molecule has 0 bridgehead atoms. The number of nitrogens with zero attached hydrogens (tertiary/aromatic N) is 3. The molecule has 128 valence electrons. The molecule has 0 radical (unpaired) electrons. The molecule has 2 atom stereocenters. The van der Waals surface area contributed by atoms with Gasteiger partial charge in [0.15, 0.2) is 5.82 Å². The monoisotopic (exact) mass is 328 g/mol. The highest BCUT2D eigenvalue weighted by Gasteiger charge is 2.42. The quantitative estimate of drug-likeness (QED) is 0.879. The lowest BCUT2D eigenvalue weighted by molar-refractivity contribution is 0.225. The maximum atomic E-state index is 5.42. The zero-order chi connectivity index (χ0) is 16.5. The molecule has 1 N–H and O–H groups in total. The van der Waals surface area contributed by atoms with Crippen LogP contribution in [0, 0.1) is 6.92 Å². The minimum atomic E-state index is 0.376. The highest BCUT2D eigenvalue weighted by atomic mass is 16.5. The summed E-state index contributed by atoms with van der Waals surface area (Å²) in [6.07, 6.45) is 3.77. The van der Waals surface area contributed by atoms with Crippen LogP contribution in [0.25, 0.3) is 0 Å². The molecule has 1 saturated carbocycles. The number of hydrogen-bond acceptors (Lipinski definition) is 6. The summed E-state index contributed by atoms with van der Waals surface area (Å²) in [7, 11) is 1.72. The Labute approximate surface area is 142 Å². The van der Waals surface area contributed by atoms with Crippen molar-refractivity contribution >= 4 is 0 Å². The molecule has 2 heterocycles. The molecule has 0 spiro atoms. The number of likely N-dealkylation sites (tertiary alicyclic amines) is 1. The number of ether oxygens (including phenoxy) is 1. The van der Waals surface area contributed by atoms with Gasteiger partial charge in [0, 0.05) is 25.6 Å². The number of hydrogen-bond donors (Lipinski definition) is 1. The van der Waals surface area contributed by atoms with E-state index in [1.165, 1.54) is 18.4 Å². The van der Waals surface area contributed by atoms with Crippen molar-refractivity contribution in [1.29, 1.82) is 0 Å². The van der Waals surface area contributed by atoms with Crippen LogP contribution in [0.5, 0.6) is 5.75 Å². The standard InChI is InChI=1S/C18H24N4O2/c1-12-20-17(21-24-12)11-19-16-8-9-22(14-6-7-14)18(16)13-4-3-5-15(10-13)23-2/h3-5,10,14,16,18-19H,6-9,11H2,1-2H3/t16-,18+/m0/s1. The van der Waals surface area contributed by atoms with Gasteiger partial charge in [-0.05, 0) is 37.0 Å². The molecular weight excluding hydrogens is 304 g/mol. The minimum absolute atomic E-state index is 0.376. The first kappa shape index (κ1) is 15.6. The van der Waals surface area contributed by atoms with Gasteiger partial charge in [0.1, 0.15) is 5.75 Å². The van der Waals surface area contributed by atoms with Crippen molar-refractivity contribution in [3.05, 3.63) is 41.5 Å². The highest BCUT2D eigenvalue weighted by molar-refractivity contribution is 5.32. The van der Waals surface area contributed by atoms with Gasteiger partial charge in [-0.25, -0.2) is 0 Å². The summed E-state index contributed by atoms with van der Waals surface area (Å²) >= 11 is 0. The third-order valence-corrected chi connectivity index (χ3v) is 4.98. The molecule has 1 saturated heterocycles. The molecule has 0 amide bonds. The fourth-order valence-electron chi connectivity index (χ4n) is 3.73. The molecule has 1 aromatic carbocycles. The third-order valence-electron chi connectivity index (χ3n) is 4.98. The zero-order valence-electron chi connectivity index (χ0n) is 14.2. The van der Waals surface area contributed by atoms with E-state index in [4.69, 9.17) is 9.26 Å². The third kappa shape index (κ3) is 3.16. The molecule has 2 aromatic rings. The van der Waals surface area contributed by atoms with Gasteiger partial charge in [-0.15, -0.1) is 0 Å². The first-order valence-electron chi connectivity index (χ1n) is 8.67. The summed E-state index contributed by atoms with van der Waals surface area (Å²) in [4.78, 5) is 6.94. The van der Waals surface area contributed by atoms with Crippen LogP contribution in [0.3, 0.4) is 0 Å². The molecular formula is C18H24N4O2. The van der Waals surface area contributed by atoms with Crippen molar-refractivity contribution in [2.45, 2.75) is 50.9 Å². The number of methoxy groups -OCH3 is 1. The number of aryl methyl sites for hydroxylation is 1. The summed E-state index contributed by atoms with van der Waals surface area (Å²) < 4.78 is 10.5. The van der Waals surface area contributed by atoms with E-state index in [0.717, 1.165) is 30.6 Å². The lowest BCUT2D eigenvalue weighted by Crippen LogP contribution is -2.36. The molecule has 1 aromatic heterocycles. The molecule has 0 unspecified atom stereocenters. The van der Waals surface area contributed by atoms with Crippen LogP contribution in [0.15, 0.2) is 28.8 Å². The van der Waals surface area contributed by atoms with Crippen LogP contribution in [0.2, 0.25) is 0 Å². The van der Waals surface area contributed by atoms with Crippen LogP contribution < -0.4 is 10.1 Å². The summed E-state index contributed by atoms with van der Waals surface area (Å²) in [5.41, 5.74) is 1.32. The van der Waals surface area contributed by atoms with Crippen LogP contribution in [0.4, 0.5) is 0 Å². The first-order chi connectivity index (χ1) is 11.7. The van der Waals surface area contributed by atoms with Gasteiger partial charge in [-0.2, -0.15) is 4.98 Å². The lowest BCUT2D eigenvalue weighted by atomic mass is 9.99. The highest BCUT2D eigenvalue weighted by Crippen LogP contribution is 2.41. The van der Waals surface area contributed by atoms with E-state index in [0.29, 0.717) is 24.5 Å². The van der Waals surface area contributed by atoms with E-state index < -0.39 is 0 Å². The second-order valence-corrected chi connectivity index (χ2v) is 6.70. The van der Waals surface area contributed by atoms with Crippen LogP contribution in [0.1, 0.15) is 42.6 Å². The van der Waals surface area contributed by atoms with Crippen LogP contribution in [-0.4, -0.2) is 40.8 Å². The molecule has 6 nitrogen and oxygen atoms in total. The number of aromatic nitrogens is 2. The molecule has 2 aliphatic rings. The second kappa shape index (κ2) is 6.53. The average Bonchev–Trinajstić information content (AvgIpc) is 3.23. The summed E-state index contributed by atoms with van der Waals surface area (Å²) in [6, 6.07) is 9.96. The van der Waals surface area contributed by atoms with E-state index in [1.54, 1.807) is 7.11 Å². The van der Waals surface area contributed by atoms with Gasteiger partial charge >= 0.3 is 0 Å². The molecule has 1 aliphatic carbocycles. The van der Waals surface area contributed by atoms with E-state index in [-0.39, 0.29) is 0 Å². The second-order valence-electron chi connectivity index (χ2n) is 6.70. The summed E-state index contributed by atoms with van der Waals surface area (Å²) in [6.45, 7) is 3.59. The van der Waals surface area contributed by atoms with Crippen molar-refractivity contribution in [2.24, 2.45) is 0 Å². The smallest absolute Gasteiger partial charge is 0.223 e. The van der Waals surface area contributed by atoms with Crippen molar-refractivity contribution in [3.63, 3.8) is 0 Å². The average molecular weight is 328 g/mol. The molecule has 1 aliphatic heterocycles. The van der Waals surface area contributed by atoms with Crippen molar-refractivity contribution in [3.8, 4) is 5.75 Å². The Kier molecular flexibility index (Phi) is 4.24. The Morgan fingerprint density at radius 2 is 2.21 bits per heavy atom. The maximum absolute atomic E-state index is 5.42. The van der Waals surface area contributed by atoms with Crippen LogP contribution in [-0.2, 0) is 6.54 Å². The molecule has 24 heavy (non-hydrogen) atoms. The van der Waals surface area contributed by atoms with E-state index in [2.05, 4.69) is 38.6 Å². The minimum Gasteiger partial charge on any atom is -0.497 e. The van der Waals surface area contributed by atoms with Gasteiger partial charge in [0.25, 0.3) is 0 Å². The first-order valence-corrected chi connectivity index (χ1v) is 8.67. The molecule has 2 fully saturated rings. The van der Waals surface area contributed by atoms with Gasteiger partial charge in [0.2, 0.25) is 5.89 Å². The Hall–Kier alpha value is -1.92. The summed E-state index contributed by atoms with van der Waals surface area (Å²) in [5, 5.41) is 7.63. The Balaban J connectivity index is 1.53. The van der Waals surface area contributed by atoms with Gasteiger partial charge in [0.05, 0.1) is 19.7 Å². The summed E-state index contributed by atoms with van der Waals surface area (Å²) in [5.74, 6) is 2.26. The van der Waals surface area contributed by atoms with Gasteiger partial charge in [-0.1, -0.05) is 17.3 Å². The normalized spacial score (nSPS) is 24.4. The Morgan fingerprint density at radius 3 is 2.92 bits per heavy atom. The maximum Gasteiger partial charge on any atom is 0.223 e. The van der Waals surface area contributed by atoms with Crippen molar-refractivity contribution < 1.29 is 9.26 Å². The number of nitrogens with one attached hydrogen (secondary N) is 1.